The average Bonchev–Trinajstić information content (AvgIpc) is 2.47. The van der Waals surface area contributed by atoms with E-state index in [0.29, 0.717) is 5.59 Å². The van der Waals surface area contributed by atoms with Crippen LogP contribution in [0.1, 0.15) is 27.7 Å². The number of hydrogen-bond acceptors (Lipinski definition) is 4. The lowest BCUT2D eigenvalue weighted by atomic mass is 9.84. The Morgan fingerprint density at radius 3 is 2.26 bits per heavy atom. The second-order valence-electron chi connectivity index (χ2n) is 5.37. The molecule has 0 aromatic carbocycles. The minimum absolute atomic E-state index is 0.151. The summed E-state index contributed by atoms with van der Waals surface area (Å²) in [6.07, 6.45) is 0. The monoisotopic (exact) mass is 271 g/mol. The Morgan fingerprint density at radius 1 is 1.16 bits per heavy atom. The summed E-state index contributed by atoms with van der Waals surface area (Å²) >= 11 is 0. The van der Waals surface area contributed by atoms with Crippen LogP contribution in [0.4, 0.5) is 8.78 Å². The van der Waals surface area contributed by atoms with E-state index in [1.54, 1.807) is 12.1 Å². The normalized spacial score (nSPS) is 20.9. The first-order valence-corrected chi connectivity index (χ1v) is 5.99. The summed E-state index contributed by atoms with van der Waals surface area (Å²) in [6, 6.07) is 4.59. The summed E-state index contributed by atoms with van der Waals surface area (Å²) < 4.78 is 40.1. The number of nitrogens with zero attached hydrogens (tertiary/aromatic N) is 1. The quantitative estimate of drug-likeness (QED) is 0.788. The zero-order valence-corrected chi connectivity index (χ0v) is 11.3. The molecule has 1 aromatic heterocycles. The van der Waals surface area contributed by atoms with Gasteiger partial charge in [-0.3, -0.25) is 0 Å². The molecular weight excluding hydrogens is 255 g/mol. The molecule has 0 atom stereocenters. The summed E-state index contributed by atoms with van der Waals surface area (Å²) in [7, 11) is -0.689. The lowest BCUT2D eigenvalue weighted by Crippen LogP contribution is -2.41. The van der Waals surface area contributed by atoms with Crippen molar-refractivity contribution < 1.29 is 22.8 Å². The Morgan fingerprint density at radius 2 is 1.74 bits per heavy atom. The van der Waals surface area contributed by atoms with E-state index in [4.69, 9.17) is 9.31 Å². The van der Waals surface area contributed by atoms with Gasteiger partial charge in [-0.1, -0.05) is 6.07 Å². The van der Waals surface area contributed by atoms with Crippen molar-refractivity contribution in [3.8, 4) is 5.88 Å². The maximum absolute atomic E-state index is 12.2. The maximum Gasteiger partial charge on any atom is 0.514 e. The SMILES string of the molecule is CC1(C)OB(c2cccc(OC(F)F)n2)OC1(C)C. The molecule has 0 unspecified atom stereocenters. The van der Waals surface area contributed by atoms with Crippen LogP contribution in [0.2, 0.25) is 0 Å². The van der Waals surface area contributed by atoms with Crippen molar-refractivity contribution >= 4 is 12.7 Å². The number of hydrogen-bond donors (Lipinski definition) is 0. The zero-order valence-electron chi connectivity index (χ0n) is 11.3. The number of halogens is 2. The van der Waals surface area contributed by atoms with Crippen LogP contribution in [0.5, 0.6) is 5.88 Å². The summed E-state index contributed by atoms with van der Waals surface area (Å²) in [5.74, 6) is -0.151. The summed E-state index contributed by atoms with van der Waals surface area (Å²) in [5.41, 5.74) is -0.588. The van der Waals surface area contributed by atoms with E-state index >= 15 is 0 Å². The van der Waals surface area contributed by atoms with Gasteiger partial charge in [0, 0.05) is 6.07 Å². The number of ether oxygens (including phenoxy) is 1. The van der Waals surface area contributed by atoms with E-state index in [0.717, 1.165) is 0 Å². The van der Waals surface area contributed by atoms with Gasteiger partial charge in [0.2, 0.25) is 5.88 Å². The fraction of sp³-hybridized carbons (Fsp3) is 0.583. The Bertz CT molecular complexity index is 452. The van der Waals surface area contributed by atoms with Crippen LogP contribution in [0.3, 0.4) is 0 Å². The molecule has 0 N–H and O–H groups in total. The molecule has 0 radical (unpaired) electrons. The lowest BCUT2D eigenvalue weighted by Gasteiger charge is -2.32. The van der Waals surface area contributed by atoms with Crippen molar-refractivity contribution in [3.63, 3.8) is 0 Å². The zero-order chi connectivity index (χ0) is 14.3. The Balaban J connectivity index is 2.20. The molecule has 7 heteroatoms. The summed E-state index contributed by atoms with van der Waals surface area (Å²) in [4.78, 5) is 3.97. The fourth-order valence-electron chi connectivity index (χ4n) is 1.68. The van der Waals surface area contributed by atoms with Crippen LogP contribution in [0.25, 0.3) is 0 Å². The highest BCUT2D eigenvalue weighted by Crippen LogP contribution is 2.36. The molecule has 1 aliphatic heterocycles. The van der Waals surface area contributed by atoms with Gasteiger partial charge in [-0.15, -0.1) is 0 Å². The van der Waals surface area contributed by atoms with Crippen molar-refractivity contribution in [3.05, 3.63) is 18.2 Å². The first-order chi connectivity index (χ1) is 8.71. The third kappa shape index (κ3) is 2.87. The molecule has 0 saturated carbocycles. The van der Waals surface area contributed by atoms with E-state index in [9.17, 15) is 8.78 Å². The third-order valence-corrected chi connectivity index (χ3v) is 3.45. The Labute approximate surface area is 111 Å². The average molecular weight is 271 g/mol. The van der Waals surface area contributed by atoms with Crippen LogP contribution in [-0.2, 0) is 9.31 Å². The first-order valence-electron chi connectivity index (χ1n) is 5.99. The molecular formula is C12H16BF2NO3. The van der Waals surface area contributed by atoms with Crippen LogP contribution in [0, 0.1) is 0 Å². The number of alkyl halides is 2. The van der Waals surface area contributed by atoms with Gasteiger partial charge in [0.1, 0.15) is 0 Å². The molecule has 2 heterocycles. The second kappa shape index (κ2) is 4.72. The number of aromatic nitrogens is 1. The fourth-order valence-corrected chi connectivity index (χ4v) is 1.68. The van der Waals surface area contributed by atoms with Crippen molar-refractivity contribution in [1.82, 2.24) is 4.98 Å². The van der Waals surface area contributed by atoms with Crippen molar-refractivity contribution in [2.24, 2.45) is 0 Å². The summed E-state index contributed by atoms with van der Waals surface area (Å²) in [6.45, 7) is 4.74. The predicted octanol–water partition coefficient (Wildman–Crippen LogP) is 1.98. The summed E-state index contributed by atoms with van der Waals surface area (Å²) in [5, 5.41) is 0. The van der Waals surface area contributed by atoms with E-state index in [1.807, 2.05) is 27.7 Å². The molecule has 0 bridgehead atoms. The minimum Gasteiger partial charge on any atom is -0.417 e. The number of pyridine rings is 1. The van der Waals surface area contributed by atoms with Gasteiger partial charge in [-0.05, 0) is 33.8 Å². The largest absolute Gasteiger partial charge is 0.514 e. The second-order valence-corrected chi connectivity index (χ2v) is 5.37. The molecule has 1 fully saturated rings. The van der Waals surface area contributed by atoms with Crippen LogP contribution in [0.15, 0.2) is 18.2 Å². The number of rotatable bonds is 3. The lowest BCUT2D eigenvalue weighted by molar-refractivity contribution is -0.0527. The smallest absolute Gasteiger partial charge is 0.417 e. The topological polar surface area (TPSA) is 40.6 Å². The molecule has 19 heavy (non-hydrogen) atoms. The van der Waals surface area contributed by atoms with Crippen molar-refractivity contribution in [2.75, 3.05) is 0 Å². The van der Waals surface area contributed by atoms with Crippen LogP contribution in [-0.4, -0.2) is 29.9 Å². The van der Waals surface area contributed by atoms with Gasteiger partial charge in [0.05, 0.1) is 16.8 Å². The van der Waals surface area contributed by atoms with Gasteiger partial charge in [-0.2, -0.15) is 8.78 Å². The van der Waals surface area contributed by atoms with Crippen LogP contribution >= 0.6 is 0 Å². The Kier molecular flexibility index (Phi) is 3.53. The van der Waals surface area contributed by atoms with Gasteiger partial charge in [0.15, 0.2) is 0 Å². The highest BCUT2D eigenvalue weighted by Gasteiger charge is 2.52. The van der Waals surface area contributed by atoms with Crippen molar-refractivity contribution in [1.29, 1.82) is 0 Å². The maximum atomic E-state index is 12.2. The first kappa shape index (κ1) is 14.2. The molecule has 2 rings (SSSR count). The molecule has 104 valence electrons. The van der Waals surface area contributed by atoms with Gasteiger partial charge >= 0.3 is 13.7 Å². The molecule has 0 spiro atoms. The standard InChI is InChI=1S/C12H16BF2NO3/c1-11(2)12(3,4)19-13(18-11)8-6-5-7-9(16-8)17-10(14)15/h5-7,10H,1-4H3. The predicted molar refractivity (Wildman–Crippen MR) is 66.6 cm³/mol. The van der Waals surface area contributed by atoms with Crippen LogP contribution < -0.4 is 10.3 Å². The third-order valence-electron chi connectivity index (χ3n) is 3.45. The Hall–Kier alpha value is -1.21. The molecule has 1 aromatic rings. The van der Waals surface area contributed by atoms with E-state index < -0.39 is 24.9 Å². The molecule has 4 nitrogen and oxygen atoms in total. The highest BCUT2D eigenvalue weighted by molar-refractivity contribution is 6.61. The highest BCUT2D eigenvalue weighted by atomic mass is 19.3. The van der Waals surface area contributed by atoms with Gasteiger partial charge in [-0.25, -0.2) is 4.98 Å². The molecule has 0 amide bonds. The van der Waals surface area contributed by atoms with E-state index in [2.05, 4.69) is 9.72 Å². The van der Waals surface area contributed by atoms with E-state index in [-0.39, 0.29) is 5.88 Å². The van der Waals surface area contributed by atoms with E-state index in [1.165, 1.54) is 6.07 Å². The minimum atomic E-state index is -2.90. The molecule has 0 aliphatic carbocycles. The van der Waals surface area contributed by atoms with Gasteiger partial charge < -0.3 is 14.0 Å². The van der Waals surface area contributed by atoms with Gasteiger partial charge in [0.25, 0.3) is 0 Å². The molecule has 1 saturated heterocycles. The molecule has 1 aliphatic rings. The van der Waals surface area contributed by atoms with Crippen molar-refractivity contribution in [2.45, 2.75) is 45.5 Å².